The molecule has 1 fully saturated rings. The normalized spacial score (nSPS) is 28.6. The summed E-state index contributed by atoms with van der Waals surface area (Å²) >= 11 is 0. The van der Waals surface area contributed by atoms with Crippen LogP contribution in [-0.2, 0) is 0 Å². The fourth-order valence-electron chi connectivity index (χ4n) is 1.97. The van der Waals surface area contributed by atoms with Crippen molar-refractivity contribution in [3.63, 3.8) is 0 Å². The van der Waals surface area contributed by atoms with Gasteiger partial charge in [0.05, 0.1) is 0 Å². The molecule has 88 valence electrons. The van der Waals surface area contributed by atoms with Crippen LogP contribution in [0.4, 0.5) is 0 Å². The highest BCUT2D eigenvalue weighted by Crippen LogP contribution is 2.20. The SMILES string of the molecule is CC(C)CN=C(N)N1CC(C)CCC1C. The summed E-state index contributed by atoms with van der Waals surface area (Å²) in [5.41, 5.74) is 6.03. The van der Waals surface area contributed by atoms with Crippen LogP contribution in [0.2, 0.25) is 0 Å². The number of likely N-dealkylation sites (tertiary alicyclic amines) is 1. The van der Waals surface area contributed by atoms with Crippen molar-refractivity contribution in [2.75, 3.05) is 13.1 Å². The quantitative estimate of drug-likeness (QED) is 0.561. The first-order chi connectivity index (χ1) is 7.00. The Morgan fingerprint density at radius 1 is 1.40 bits per heavy atom. The summed E-state index contributed by atoms with van der Waals surface area (Å²) in [6.45, 7) is 10.8. The van der Waals surface area contributed by atoms with Crippen LogP contribution in [0.15, 0.2) is 4.99 Å². The summed E-state index contributed by atoms with van der Waals surface area (Å²) in [7, 11) is 0. The second kappa shape index (κ2) is 5.38. The van der Waals surface area contributed by atoms with Crippen LogP contribution in [-0.4, -0.2) is 30.0 Å². The number of nitrogens with zero attached hydrogens (tertiary/aromatic N) is 2. The maximum Gasteiger partial charge on any atom is 0.191 e. The average Bonchev–Trinajstić information content (AvgIpc) is 2.18. The summed E-state index contributed by atoms with van der Waals surface area (Å²) in [5.74, 6) is 2.07. The minimum absolute atomic E-state index is 0.553. The standard InChI is InChI=1S/C12H25N3/c1-9(2)7-14-12(13)15-8-10(3)5-6-11(15)4/h9-11H,5-8H2,1-4H3,(H2,13,14). The van der Waals surface area contributed by atoms with E-state index < -0.39 is 0 Å². The van der Waals surface area contributed by atoms with Crippen LogP contribution >= 0.6 is 0 Å². The van der Waals surface area contributed by atoms with E-state index in [1.165, 1.54) is 12.8 Å². The van der Waals surface area contributed by atoms with Gasteiger partial charge in [0.1, 0.15) is 0 Å². The molecule has 0 saturated carbocycles. The first-order valence-electron chi connectivity index (χ1n) is 6.07. The number of piperidine rings is 1. The van der Waals surface area contributed by atoms with E-state index >= 15 is 0 Å². The van der Waals surface area contributed by atoms with Crippen molar-refractivity contribution in [2.45, 2.75) is 46.6 Å². The molecule has 0 amide bonds. The first kappa shape index (κ1) is 12.3. The summed E-state index contributed by atoms with van der Waals surface area (Å²) in [5, 5.41) is 0. The maximum atomic E-state index is 6.03. The first-order valence-corrected chi connectivity index (χ1v) is 6.07. The van der Waals surface area contributed by atoms with Gasteiger partial charge in [-0.1, -0.05) is 20.8 Å². The van der Waals surface area contributed by atoms with Gasteiger partial charge in [0.25, 0.3) is 0 Å². The second-order valence-electron chi connectivity index (χ2n) is 5.28. The van der Waals surface area contributed by atoms with Crippen LogP contribution in [0.1, 0.15) is 40.5 Å². The Morgan fingerprint density at radius 3 is 2.67 bits per heavy atom. The molecule has 1 rings (SSSR count). The van der Waals surface area contributed by atoms with E-state index in [1.807, 2.05) is 0 Å². The molecule has 0 aromatic carbocycles. The molecule has 3 heteroatoms. The van der Waals surface area contributed by atoms with E-state index in [4.69, 9.17) is 5.73 Å². The molecule has 2 N–H and O–H groups in total. The molecule has 0 aromatic heterocycles. The van der Waals surface area contributed by atoms with Crippen molar-refractivity contribution in [3.05, 3.63) is 0 Å². The molecule has 0 aromatic rings. The van der Waals surface area contributed by atoms with Crippen LogP contribution in [0, 0.1) is 11.8 Å². The molecule has 0 spiro atoms. The summed E-state index contributed by atoms with van der Waals surface area (Å²) in [6, 6.07) is 0.553. The topological polar surface area (TPSA) is 41.6 Å². The predicted octanol–water partition coefficient (Wildman–Crippen LogP) is 2.08. The third-order valence-corrected chi connectivity index (χ3v) is 3.03. The van der Waals surface area contributed by atoms with Crippen LogP contribution in [0.3, 0.4) is 0 Å². The van der Waals surface area contributed by atoms with Gasteiger partial charge in [-0.15, -0.1) is 0 Å². The van der Waals surface area contributed by atoms with Gasteiger partial charge < -0.3 is 10.6 Å². The highest BCUT2D eigenvalue weighted by Gasteiger charge is 2.23. The van der Waals surface area contributed by atoms with Crippen molar-refractivity contribution < 1.29 is 0 Å². The third kappa shape index (κ3) is 3.73. The second-order valence-corrected chi connectivity index (χ2v) is 5.28. The lowest BCUT2D eigenvalue weighted by molar-refractivity contribution is 0.204. The van der Waals surface area contributed by atoms with E-state index in [2.05, 4.69) is 37.6 Å². The van der Waals surface area contributed by atoms with E-state index in [0.717, 1.165) is 25.0 Å². The van der Waals surface area contributed by atoms with Crippen molar-refractivity contribution in [1.29, 1.82) is 0 Å². The zero-order chi connectivity index (χ0) is 11.4. The van der Waals surface area contributed by atoms with Crippen LogP contribution in [0.25, 0.3) is 0 Å². The van der Waals surface area contributed by atoms with Gasteiger partial charge in [-0.25, -0.2) is 0 Å². The van der Waals surface area contributed by atoms with Gasteiger partial charge >= 0.3 is 0 Å². The van der Waals surface area contributed by atoms with Crippen molar-refractivity contribution >= 4 is 5.96 Å². The number of aliphatic imine (C=N–C) groups is 1. The van der Waals surface area contributed by atoms with E-state index in [0.29, 0.717) is 12.0 Å². The van der Waals surface area contributed by atoms with E-state index in [1.54, 1.807) is 0 Å². The highest BCUT2D eigenvalue weighted by atomic mass is 15.3. The molecule has 1 aliphatic heterocycles. The van der Waals surface area contributed by atoms with Crippen molar-refractivity contribution in [3.8, 4) is 0 Å². The molecule has 0 radical (unpaired) electrons. The molecular formula is C12H25N3. The minimum atomic E-state index is 0.553. The maximum absolute atomic E-state index is 6.03. The van der Waals surface area contributed by atoms with Gasteiger partial charge in [-0.05, 0) is 31.6 Å². The van der Waals surface area contributed by atoms with Crippen molar-refractivity contribution in [1.82, 2.24) is 4.90 Å². The number of hydrogen-bond donors (Lipinski definition) is 1. The molecule has 2 unspecified atom stereocenters. The fourth-order valence-corrected chi connectivity index (χ4v) is 1.97. The number of nitrogens with two attached hydrogens (primary N) is 1. The molecule has 1 aliphatic rings. The lowest BCUT2D eigenvalue weighted by Crippen LogP contribution is -2.48. The number of hydrogen-bond acceptors (Lipinski definition) is 1. The zero-order valence-electron chi connectivity index (χ0n) is 10.5. The van der Waals surface area contributed by atoms with Crippen LogP contribution in [0.5, 0.6) is 0 Å². The Hall–Kier alpha value is -0.730. The number of rotatable bonds is 2. The Balaban J connectivity index is 2.56. The Kier molecular flexibility index (Phi) is 4.43. The Bertz CT molecular complexity index is 223. The van der Waals surface area contributed by atoms with Gasteiger partial charge in [0, 0.05) is 19.1 Å². The fraction of sp³-hybridized carbons (Fsp3) is 0.917. The summed E-state index contributed by atoms with van der Waals surface area (Å²) in [6.07, 6.45) is 2.55. The van der Waals surface area contributed by atoms with E-state index in [9.17, 15) is 0 Å². The molecule has 2 atom stereocenters. The lowest BCUT2D eigenvalue weighted by Gasteiger charge is -2.37. The Morgan fingerprint density at radius 2 is 2.07 bits per heavy atom. The molecule has 0 bridgehead atoms. The van der Waals surface area contributed by atoms with Gasteiger partial charge in [-0.2, -0.15) is 0 Å². The average molecular weight is 211 g/mol. The summed E-state index contributed by atoms with van der Waals surface area (Å²) in [4.78, 5) is 6.71. The monoisotopic (exact) mass is 211 g/mol. The van der Waals surface area contributed by atoms with Crippen LogP contribution < -0.4 is 5.73 Å². The smallest absolute Gasteiger partial charge is 0.191 e. The zero-order valence-corrected chi connectivity index (χ0v) is 10.5. The van der Waals surface area contributed by atoms with Crippen molar-refractivity contribution in [2.24, 2.45) is 22.6 Å². The summed E-state index contributed by atoms with van der Waals surface area (Å²) < 4.78 is 0. The largest absolute Gasteiger partial charge is 0.370 e. The molecule has 15 heavy (non-hydrogen) atoms. The molecule has 3 nitrogen and oxygen atoms in total. The minimum Gasteiger partial charge on any atom is -0.370 e. The number of guanidine groups is 1. The molecular weight excluding hydrogens is 186 g/mol. The lowest BCUT2D eigenvalue weighted by atomic mass is 9.95. The Labute approximate surface area is 93.7 Å². The van der Waals surface area contributed by atoms with E-state index in [-0.39, 0.29) is 0 Å². The van der Waals surface area contributed by atoms with Gasteiger partial charge in [0.2, 0.25) is 0 Å². The molecule has 1 saturated heterocycles. The third-order valence-electron chi connectivity index (χ3n) is 3.03. The molecule has 1 heterocycles. The molecule has 0 aliphatic carbocycles. The van der Waals surface area contributed by atoms with Gasteiger partial charge in [0.15, 0.2) is 5.96 Å². The predicted molar refractivity (Wildman–Crippen MR) is 65.9 cm³/mol. The van der Waals surface area contributed by atoms with Gasteiger partial charge in [-0.3, -0.25) is 4.99 Å². The highest BCUT2D eigenvalue weighted by molar-refractivity contribution is 5.78.